The van der Waals surface area contributed by atoms with Crippen LogP contribution in [-0.4, -0.2) is 13.4 Å². The number of aldehydes is 1. The average molecular weight is 246 g/mol. The van der Waals surface area contributed by atoms with Gasteiger partial charge in [0.25, 0.3) is 0 Å². The van der Waals surface area contributed by atoms with Gasteiger partial charge in [-0.2, -0.15) is 0 Å². The van der Waals surface area contributed by atoms with Crippen molar-refractivity contribution in [1.82, 2.24) is 0 Å². The van der Waals surface area contributed by atoms with E-state index in [9.17, 15) is 4.79 Å². The number of benzene rings is 1. The normalized spacial score (nSPS) is 18.3. The van der Waals surface area contributed by atoms with E-state index in [0.29, 0.717) is 6.42 Å². The Morgan fingerprint density at radius 3 is 2.61 bits per heavy atom. The molecule has 1 aliphatic carbocycles. The summed E-state index contributed by atoms with van der Waals surface area (Å²) >= 11 is 0. The quantitative estimate of drug-likeness (QED) is 0.758. The second-order valence-electron chi connectivity index (χ2n) is 5.53. The predicted octanol–water partition coefficient (Wildman–Crippen LogP) is 3.66. The van der Waals surface area contributed by atoms with E-state index < -0.39 is 0 Å². The van der Waals surface area contributed by atoms with Crippen molar-refractivity contribution in [3.05, 3.63) is 29.3 Å². The molecule has 0 amide bonds. The summed E-state index contributed by atoms with van der Waals surface area (Å²) in [6, 6.07) is 6.16. The van der Waals surface area contributed by atoms with Gasteiger partial charge in [0, 0.05) is 12.0 Å². The van der Waals surface area contributed by atoms with Crippen LogP contribution in [0.5, 0.6) is 5.75 Å². The van der Waals surface area contributed by atoms with Gasteiger partial charge in [0.15, 0.2) is 0 Å². The lowest BCUT2D eigenvalue weighted by molar-refractivity contribution is -0.107. The first-order valence-corrected chi connectivity index (χ1v) is 6.81. The van der Waals surface area contributed by atoms with Crippen LogP contribution in [0.1, 0.15) is 50.2 Å². The summed E-state index contributed by atoms with van der Waals surface area (Å²) in [5.41, 5.74) is 2.58. The summed E-state index contributed by atoms with van der Waals surface area (Å²) < 4.78 is 5.51. The van der Waals surface area contributed by atoms with E-state index in [1.807, 2.05) is 12.1 Å². The fourth-order valence-electron chi connectivity index (χ4n) is 3.05. The predicted molar refractivity (Wildman–Crippen MR) is 73.2 cm³/mol. The number of methoxy groups -OCH3 is 1. The molecule has 1 aromatic carbocycles. The molecular weight excluding hydrogens is 224 g/mol. The molecule has 1 aromatic rings. The minimum atomic E-state index is 0.211. The third kappa shape index (κ3) is 2.58. The Morgan fingerprint density at radius 1 is 1.28 bits per heavy atom. The molecule has 0 aromatic heterocycles. The molecule has 0 radical (unpaired) electrons. The van der Waals surface area contributed by atoms with Gasteiger partial charge >= 0.3 is 0 Å². The molecule has 2 heteroatoms. The minimum Gasteiger partial charge on any atom is -0.496 e. The second-order valence-corrected chi connectivity index (χ2v) is 5.53. The molecule has 0 bridgehead atoms. The van der Waals surface area contributed by atoms with Crippen LogP contribution >= 0.6 is 0 Å². The highest BCUT2D eigenvalue weighted by molar-refractivity contribution is 5.56. The van der Waals surface area contributed by atoms with Gasteiger partial charge in [0.05, 0.1) is 7.11 Å². The monoisotopic (exact) mass is 246 g/mol. The molecular formula is C16H22O2. The number of hydrogen-bond donors (Lipinski definition) is 0. The van der Waals surface area contributed by atoms with E-state index in [4.69, 9.17) is 4.74 Å². The molecule has 1 fully saturated rings. The Balaban J connectivity index is 2.38. The summed E-state index contributed by atoms with van der Waals surface area (Å²) in [6.07, 6.45) is 7.81. The molecule has 0 heterocycles. The van der Waals surface area contributed by atoms with Gasteiger partial charge in [-0.05, 0) is 29.9 Å². The second kappa shape index (κ2) is 5.55. The first-order chi connectivity index (χ1) is 8.69. The highest BCUT2D eigenvalue weighted by atomic mass is 16.5. The van der Waals surface area contributed by atoms with Crippen LogP contribution in [0, 0.1) is 0 Å². The van der Waals surface area contributed by atoms with Gasteiger partial charge in [-0.3, -0.25) is 0 Å². The van der Waals surface area contributed by atoms with E-state index in [0.717, 1.165) is 17.6 Å². The molecule has 0 atom stereocenters. The number of rotatable bonds is 4. The maximum atomic E-state index is 10.7. The standard InChI is InChI=1S/C16H22O2/c1-16(9-4-3-5-10-16)14-12-13(8-11-17)6-7-15(14)18-2/h6-7,11-12H,3-5,8-10H2,1-2H3. The number of ether oxygens (including phenoxy) is 1. The Labute approximate surface area is 109 Å². The van der Waals surface area contributed by atoms with Gasteiger partial charge < -0.3 is 9.53 Å². The minimum absolute atomic E-state index is 0.211. The summed E-state index contributed by atoms with van der Waals surface area (Å²) in [5, 5.41) is 0. The lowest BCUT2D eigenvalue weighted by Gasteiger charge is -2.35. The number of carbonyl (C=O) groups is 1. The molecule has 0 N–H and O–H groups in total. The van der Waals surface area contributed by atoms with Crippen molar-refractivity contribution >= 4 is 6.29 Å². The zero-order valence-electron chi connectivity index (χ0n) is 11.4. The molecule has 2 rings (SSSR count). The van der Waals surface area contributed by atoms with Gasteiger partial charge in [-0.15, -0.1) is 0 Å². The fourth-order valence-corrected chi connectivity index (χ4v) is 3.05. The molecule has 2 nitrogen and oxygen atoms in total. The van der Waals surface area contributed by atoms with Gasteiger partial charge in [-0.25, -0.2) is 0 Å². The summed E-state index contributed by atoms with van der Waals surface area (Å²) in [7, 11) is 1.73. The van der Waals surface area contributed by atoms with E-state index in [1.54, 1.807) is 7.11 Å². The topological polar surface area (TPSA) is 26.3 Å². The first kappa shape index (κ1) is 13.1. The maximum absolute atomic E-state index is 10.7. The van der Waals surface area contributed by atoms with E-state index in [2.05, 4.69) is 13.0 Å². The largest absolute Gasteiger partial charge is 0.496 e. The average Bonchev–Trinajstić information content (AvgIpc) is 2.40. The number of hydrogen-bond acceptors (Lipinski definition) is 2. The highest BCUT2D eigenvalue weighted by Gasteiger charge is 2.31. The molecule has 1 aliphatic rings. The zero-order valence-corrected chi connectivity index (χ0v) is 11.4. The molecule has 18 heavy (non-hydrogen) atoms. The Hall–Kier alpha value is -1.31. The first-order valence-electron chi connectivity index (χ1n) is 6.81. The zero-order chi connectivity index (χ0) is 13.0. The third-order valence-corrected chi connectivity index (χ3v) is 4.19. The maximum Gasteiger partial charge on any atom is 0.124 e. The fraction of sp³-hybridized carbons (Fsp3) is 0.562. The molecule has 1 saturated carbocycles. The van der Waals surface area contributed by atoms with E-state index >= 15 is 0 Å². The third-order valence-electron chi connectivity index (χ3n) is 4.19. The van der Waals surface area contributed by atoms with Crippen molar-refractivity contribution in [3.8, 4) is 5.75 Å². The van der Waals surface area contributed by atoms with Gasteiger partial charge in [0.1, 0.15) is 12.0 Å². The van der Waals surface area contributed by atoms with E-state index in [-0.39, 0.29) is 5.41 Å². The van der Waals surface area contributed by atoms with Crippen LogP contribution < -0.4 is 4.74 Å². The van der Waals surface area contributed by atoms with Crippen molar-refractivity contribution in [2.24, 2.45) is 0 Å². The van der Waals surface area contributed by atoms with Crippen molar-refractivity contribution in [1.29, 1.82) is 0 Å². The van der Waals surface area contributed by atoms with Crippen LogP contribution in [0.15, 0.2) is 18.2 Å². The smallest absolute Gasteiger partial charge is 0.124 e. The summed E-state index contributed by atoms with van der Waals surface area (Å²) in [5.74, 6) is 0.967. The van der Waals surface area contributed by atoms with Crippen LogP contribution in [0.2, 0.25) is 0 Å². The highest BCUT2D eigenvalue weighted by Crippen LogP contribution is 2.43. The van der Waals surface area contributed by atoms with Gasteiger partial charge in [0.2, 0.25) is 0 Å². The van der Waals surface area contributed by atoms with Gasteiger partial charge in [-0.1, -0.05) is 38.3 Å². The molecule has 0 saturated heterocycles. The summed E-state index contributed by atoms with van der Waals surface area (Å²) in [4.78, 5) is 10.7. The lowest BCUT2D eigenvalue weighted by atomic mass is 9.70. The number of carbonyl (C=O) groups excluding carboxylic acids is 1. The molecule has 0 unspecified atom stereocenters. The van der Waals surface area contributed by atoms with Crippen molar-refractivity contribution in [2.45, 2.75) is 50.9 Å². The van der Waals surface area contributed by atoms with E-state index in [1.165, 1.54) is 37.7 Å². The van der Waals surface area contributed by atoms with Crippen molar-refractivity contribution in [3.63, 3.8) is 0 Å². The Morgan fingerprint density at radius 2 is 2.00 bits per heavy atom. The Kier molecular flexibility index (Phi) is 4.05. The van der Waals surface area contributed by atoms with Crippen molar-refractivity contribution < 1.29 is 9.53 Å². The van der Waals surface area contributed by atoms with Crippen LogP contribution in [0.25, 0.3) is 0 Å². The van der Waals surface area contributed by atoms with Crippen molar-refractivity contribution in [2.75, 3.05) is 7.11 Å². The molecule has 0 spiro atoms. The van der Waals surface area contributed by atoms with Crippen LogP contribution in [0.3, 0.4) is 0 Å². The Bertz CT molecular complexity index is 417. The van der Waals surface area contributed by atoms with Crippen LogP contribution in [0.4, 0.5) is 0 Å². The lowest BCUT2D eigenvalue weighted by Crippen LogP contribution is -2.25. The van der Waals surface area contributed by atoms with Crippen LogP contribution in [-0.2, 0) is 16.6 Å². The summed E-state index contributed by atoms with van der Waals surface area (Å²) in [6.45, 7) is 2.33. The molecule has 0 aliphatic heterocycles. The SMILES string of the molecule is COc1ccc(CC=O)cc1C1(C)CCCCC1. The molecule has 98 valence electrons.